The summed E-state index contributed by atoms with van der Waals surface area (Å²) in [6.07, 6.45) is 8.67. The van der Waals surface area contributed by atoms with Gasteiger partial charge in [0.15, 0.2) is 0 Å². The average Bonchev–Trinajstić information content (AvgIpc) is 3.22. The predicted molar refractivity (Wildman–Crippen MR) is 122 cm³/mol. The quantitative estimate of drug-likeness (QED) is 0.764. The van der Waals surface area contributed by atoms with Crippen molar-refractivity contribution < 1.29 is 5.11 Å². The summed E-state index contributed by atoms with van der Waals surface area (Å²) in [5, 5.41) is 19.3. The number of benzene rings is 1. The van der Waals surface area contributed by atoms with Crippen LogP contribution >= 0.6 is 0 Å². The van der Waals surface area contributed by atoms with Crippen molar-refractivity contribution in [3.63, 3.8) is 0 Å². The van der Waals surface area contributed by atoms with Gasteiger partial charge in [-0.25, -0.2) is 0 Å². The van der Waals surface area contributed by atoms with Crippen LogP contribution in [0.15, 0.2) is 18.2 Å². The Balaban J connectivity index is 1.18. The summed E-state index contributed by atoms with van der Waals surface area (Å²) < 4.78 is 0. The van der Waals surface area contributed by atoms with Gasteiger partial charge in [-0.3, -0.25) is 4.90 Å². The van der Waals surface area contributed by atoms with E-state index in [0.717, 1.165) is 42.5 Å². The van der Waals surface area contributed by atoms with E-state index in [-0.39, 0.29) is 0 Å². The minimum absolute atomic E-state index is 0.491. The smallest absolute Gasteiger partial charge is 0.134 e. The van der Waals surface area contributed by atoms with Gasteiger partial charge in [-0.1, -0.05) is 18.6 Å². The van der Waals surface area contributed by atoms with Crippen molar-refractivity contribution in [3.8, 4) is 0 Å². The van der Waals surface area contributed by atoms with E-state index in [4.69, 9.17) is 0 Å². The lowest BCUT2D eigenvalue weighted by atomic mass is 9.85. The lowest BCUT2D eigenvalue weighted by Gasteiger charge is -2.42. The van der Waals surface area contributed by atoms with E-state index in [9.17, 15) is 5.11 Å². The van der Waals surface area contributed by atoms with Crippen molar-refractivity contribution in [1.82, 2.24) is 20.1 Å². The molecule has 1 aromatic heterocycles. The topological polar surface area (TPSA) is 68.3 Å². The minimum atomic E-state index is -0.815. The number of piperidine rings is 2. The normalized spacial score (nSPS) is 24.4. The van der Waals surface area contributed by atoms with E-state index in [1.165, 1.54) is 51.5 Å². The van der Waals surface area contributed by atoms with Crippen LogP contribution in [0.2, 0.25) is 0 Å². The van der Waals surface area contributed by atoms with E-state index >= 15 is 0 Å². The van der Waals surface area contributed by atoms with Gasteiger partial charge in [0.2, 0.25) is 0 Å². The molecule has 1 aromatic carbocycles. The summed E-state index contributed by atoms with van der Waals surface area (Å²) in [5.74, 6) is 3.35. The Labute approximate surface area is 186 Å². The molecule has 6 heteroatoms. The summed E-state index contributed by atoms with van der Waals surface area (Å²) in [4.78, 5) is 8.70. The Morgan fingerprint density at radius 3 is 2.39 bits per heavy atom. The van der Waals surface area contributed by atoms with Crippen molar-refractivity contribution in [2.24, 2.45) is 0 Å². The van der Waals surface area contributed by atoms with Crippen LogP contribution < -0.4 is 4.90 Å². The van der Waals surface area contributed by atoms with Crippen LogP contribution in [0.4, 0.5) is 5.69 Å². The monoisotopic (exact) mass is 422 g/mol. The fourth-order valence-corrected chi connectivity index (χ4v) is 5.39. The third kappa shape index (κ3) is 4.51. The molecule has 1 saturated carbocycles. The molecule has 3 aliphatic rings. The number of likely N-dealkylation sites (tertiary alicyclic amines) is 1. The van der Waals surface area contributed by atoms with Gasteiger partial charge in [0.25, 0.3) is 0 Å². The Bertz CT molecular complexity index is 876. The van der Waals surface area contributed by atoms with Crippen LogP contribution in [0, 0.1) is 6.07 Å². The van der Waals surface area contributed by atoms with E-state index in [0.29, 0.717) is 17.9 Å². The molecule has 1 aliphatic carbocycles. The largest absolute Gasteiger partial charge is 0.386 e. The summed E-state index contributed by atoms with van der Waals surface area (Å²) in [6, 6.07) is 10.0. The second kappa shape index (κ2) is 8.55. The summed E-state index contributed by atoms with van der Waals surface area (Å²) >= 11 is 0. The number of hydrogen-bond donors (Lipinski definition) is 2. The third-order valence-corrected chi connectivity index (χ3v) is 7.67. The van der Waals surface area contributed by atoms with Gasteiger partial charge in [0, 0.05) is 49.3 Å². The molecule has 2 saturated heterocycles. The zero-order chi connectivity index (χ0) is 21.4. The SMILES string of the molecule is CC(C)(O)c1cc[c]c(N2CCC(N3CCCC(c4nnc(C5CCC5)[nH]4)C3)CC2)c1. The number of H-pyrrole nitrogens is 1. The summed E-state index contributed by atoms with van der Waals surface area (Å²) in [7, 11) is 0. The molecule has 167 valence electrons. The highest BCUT2D eigenvalue weighted by molar-refractivity contribution is 5.49. The maximum Gasteiger partial charge on any atom is 0.134 e. The molecule has 0 amide bonds. The number of nitrogens with zero attached hydrogens (tertiary/aromatic N) is 4. The second-order valence-corrected chi connectivity index (χ2v) is 10.3. The summed E-state index contributed by atoms with van der Waals surface area (Å²) in [5.41, 5.74) is 1.25. The van der Waals surface area contributed by atoms with Gasteiger partial charge in [0.1, 0.15) is 11.6 Å². The molecule has 0 bridgehead atoms. The first kappa shape index (κ1) is 21.0. The first-order valence-electron chi connectivity index (χ1n) is 12.1. The highest BCUT2D eigenvalue weighted by atomic mass is 16.3. The fraction of sp³-hybridized carbons (Fsp3) is 0.680. The molecule has 1 radical (unpaired) electrons. The summed E-state index contributed by atoms with van der Waals surface area (Å²) in [6.45, 7) is 8.08. The van der Waals surface area contributed by atoms with Crippen LogP contribution in [0.1, 0.15) is 87.8 Å². The predicted octanol–water partition coefficient (Wildman–Crippen LogP) is 3.95. The molecule has 0 spiro atoms. The molecule has 1 atom stereocenters. The van der Waals surface area contributed by atoms with Gasteiger partial charge >= 0.3 is 0 Å². The van der Waals surface area contributed by atoms with Gasteiger partial charge in [-0.05, 0) is 70.5 Å². The fourth-order valence-electron chi connectivity index (χ4n) is 5.39. The zero-order valence-corrected chi connectivity index (χ0v) is 19.0. The molecule has 2 aromatic rings. The maximum atomic E-state index is 10.3. The van der Waals surface area contributed by atoms with Gasteiger partial charge in [-0.2, -0.15) is 0 Å². The standard InChI is InChI=1S/C25H36N5O/c1-25(2,31)20-9-4-10-22(16-20)29-14-11-21(12-15-29)30-13-5-8-19(17-30)24-26-23(27-28-24)18-6-3-7-18/h4,9,16,18-19,21,31H,3,5-8,11-15,17H2,1-2H3,(H,26,27,28). The third-order valence-electron chi connectivity index (χ3n) is 7.67. The van der Waals surface area contributed by atoms with Crippen LogP contribution in [0.25, 0.3) is 0 Å². The zero-order valence-electron chi connectivity index (χ0n) is 19.0. The number of aliphatic hydroxyl groups is 1. The first-order chi connectivity index (χ1) is 15.0. The highest BCUT2D eigenvalue weighted by Gasteiger charge is 2.32. The average molecular weight is 423 g/mol. The maximum absolute atomic E-state index is 10.3. The molecule has 3 heterocycles. The molecular formula is C25H36N5O. The molecule has 31 heavy (non-hydrogen) atoms. The number of hydrogen-bond acceptors (Lipinski definition) is 5. The Morgan fingerprint density at radius 2 is 1.71 bits per heavy atom. The van der Waals surface area contributed by atoms with Crippen molar-refractivity contribution in [3.05, 3.63) is 41.5 Å². The number of rotatable bonds is 5. The molecule has 5 rings (SSSR count). The van der Waals surface area contributed by atoms with Crippen LogP contribution in [-0.4, -0.2) is 57.4 Å². The number of aromatic amines is 1. The highest BCUT2D eigenvalue weighted by Crippen LogP contribution is 2.36. The molecule has 2 N–H and O–H groups in total. The molecule has 6 nitrogen and oxygen atoms in total. The number of nitrogens with one attached hydrogen (secondary N) is 1. The lowest BCUT2D eigenvalue weighted by Crippen LogP contribution is -2.48. The molecule has 1 unspecified atom stereocenters. The van der Waals surface area contributed by atoms with Crippen LogP contribution in [-0.2, 0) is 5.60 Å². The van der Waals surface area contributed by atoms with Gasteiger partial charge in [-0.15, -0.1) is 10.2 Å². The van der Waals surface area contributed by atoms with Gasteiger partial charge in [0.05, 0.1) is 5.60 Å². The lowest BCUT2D eigenvalue weighted by molar-refractivity contribution is 0.0786. The Kier molecular flexibility index (Phi) is 5.78. The van der Waals surface area contributed by atoms with Crippen LogP contribution in [0.3, 0.4) is 0 Å². The van der Waals surface area contributed by atoms with Crippen molar-refractivity contribution >= 4 is 5.69 Å². The van der Waals surface area contributed by atoms with E-state index in [1.807, 2.05) is 26.0 Å². The molecule has 2 aliphatic heterocycles. The number of anilines is 1. The van der Waals surface area contributed by atoms with Crippen molar-refractivity contribution in [2.75, 3.05) is 31.1 Å². The van der Waals surface area contributed by atoms with Crippen LogP contribution in [0.5, 0.6) is 0 Å². The first-order valence-corrected chi connectivity index (χ1v) is 12.1. The Morgan fingerprint density at radius 1 is 1.00 bits per heavy atom. The minimum Gasteiger partial charge on any atom is -0.386 e. The Hall–Kier alpha value is -1.92. The van der Waals surface area contributed by atoms with E-state index in [1.54, 1.807) is 0 Å². The van der Waals surface area contributed by atoms with Crippen molar-refractivity contribution in [2.45, 2.75) is 82.3 Å². The number of aromatic nitrogens is 3. The van der Waals surface area contributed by atoms with Gasteiger partial charge < -0.3 is 15.0 Å². The molecular weight excluding hydrogens is 386 g/mol. The second-order valence-electron chi connectivity index (χ2n) is 10.3. The van der Waals surface area contributed by atoms with E-state index < -0.39 is 5.60 Å². The van der Waals surface area contributed by atoms with E-state index in [2.05, 4.69) is 37.1 Å². The molecule has 3 fully saturated rings. The van der Waals surface area contributed by atoms with Crippen molar-refractivity contribution in [1.29, 1.82) is 0 Å².